The van der Waals surface area contributed by atoms with Crippen LogP contribution in [0.25, 0.3) is 11.1 Å². The molecule has 4 rings (SSSR count). The van der Waals surface area contributed by atoms with E-state index in [1.807, 2.05) is 48.5 Å². The minimum atomic E-state index is -1.10. The first-order chi connectivity index (χ1) is 14.6. The fourth-order valence-corrected chi connectivity index (χ4v) is 3.88. The van der Waals surface area contributed by atoms with E-state index in [-0.39, 0.29) is 18.9 Å². The van der Waals surface area contributed by atoms with Crippen molar-refractivity contribution in [3.8, 4) is 11.1 Å². The zero-order chi connectivity index (χ0) is 20.9. The van der Waals surface area contributed by atoms with Gasteiger partial charge in [-0.25, -0.2) is 9.59 Å². The van der Waals surface area contributed by atoms with Gasteiger partial charge in [0.1, 0.15) is 12.6 Å². The van der Waals surface area contributed by atoms with Crippen molar-refractivity contribution in [2.75, 3.05) is 6.61 Å². The third kappa shape index (κ3) is 4.17. The van der Waals surface area contributed by atoms with E-state index < -0.39 is 18.1 Å². The first-order valence-electron chi connectivity index (χ1n) is 9.87. The first-order valence-corrected chi connectivity index (χ1v) is 9.87. The Bertz CT molecular complexity index is 1010. The predicted octanol–water partition coefficient (Wildman–Crippen LogP) is 4.01. The molecule has 1 aliphatic carbocycles. The Morgan fingerprint density at radius 3 is 2.20 bits per heavy atom. The molecule has 30 heavy (non-hydrogen) atoms. The number of aromatic nitrogens is 1. The number of aryl methyl sites for hydroxylation is 1. The molecular formula is C24H22N2O4. The van der Waals surface area contributed by atoms with Gasteiger partial charge < -0.3 is 15.2 Å². The molecule has 0 spiro atoms. The highest BCUT2D eigenvalue weighted by molar-refractivity contribution is 5.81. The van der Waals surface area contributed by atoms with Crippen LogP contribution >= 0.6 is 0 Å². The number of hydrogen-bond acceptors (Lipinski definition) is 4. The summed E-state index contributed by atoms with van der Waals surface area (Å²) in [7, 11) is 0. The van der Waals surface area contributed by atoms with Gasteiger partial charge in [0.05, 0.1) is 0 Å². The predicted molar refractivity (Wildman–Crippen MR) is 112 cm³/mol. The molecule has 152 valence electrons. The number of carbonyl (C=O) groups excluding carboxylic acids is 1. The molecule has 1 aliphatic rings. The lowest BCUT2D eigenvalue weighted by molar-refractivity contribution is -0.139. The van der Waals surface area contributed by atoms with E-state index >= 15 is 0 Å². The molecular weight excluding hydrogens is 380 g/mol. The number of aliphatic carboxylic acids is 1. The number of rotatable bonds is 7. The van der Waals surface area contributed by atoms with E-state index in [9.17, 15) is 14.7 Å². The lowest BCUT2D eigenvalue weighted by Crippen LogP contribution is -2.41. The number of nitrogens with zero attached hydrogens (tertiary/aromatic N) is 1. The summed E-state index contributed by atoms with van der Waals surface area (Å²) in [4.78, 5) is 28.1. The van der Waals surface area contributed by atoms with Crippen LogP contribution in [0.1, 0.15) is 29.2 Å². The topological polar surface area (TPSA) is 88.5 Å². The van der Waals surface area contributed by atoms with Crippen molar-refractivity contribution in [1.82, 2.24) is 10.3 Å². The summed E-state index contributed by atoms with van der Waals surface area (Å²) < 4.78 is 5.44. The first kappa shape index (κ1) is 19.6. The molecule has 0 saturated carbocycles. The fraction of sp³-hybridized carbons (Fsp3) is 0.208. The maximum absolute atomic E-state index is 12.3. The van der Waals surface area contributed by atoms with Crippen LogP contribution < -0.4 is 5.32 Å². The molecule has 3 aromatic rings. The maximum atomic E-state index is 12.3. The Morgan fingerprint density at radius 1 is 0.967 bits per heavy atom. The second-order valence-electron chi connectivity index (χ2n) is 7.22. The number of fused-ring (bicyclic) bond motifs is 3. The number of carboxylic acid groups (broad SMARTS) is 1. The minimum absolute atomic E-state index is 0.0695. The molecule has 0 unspecified atom stereocenters. The Balaban J connectivity index is 1.38. The SMILES string of the molecule is O=C(N[C@@H](CCc1ccccn1)C(=O)O)OCC1c2ccccc2-c2ccccc21. The van der Waals surface area contributed by atoms with Gasteiger partial charge in [0.25, 0.3) is 0 Å². The molecule has 6 heteroatoms. The van der Waals surface area contributed by atoms with Gasteiger partial charge in [0.2, 0.25) is 0 Å². The van der Waals surface area contributed by atoms with Crippen LogP contribution in [0, 0.1) is 0 Å². The number of benzene rings is 2. The van der Waals surface area contributed by atoms with Crippen LogP contribution in [0.4, 0.5) is 4.79 Å². The number of amides is 1. The number of nitrogens with one attached hydrogen (secondary N) is 1. The van der Waals surface area contributed by atoms with Gasteiger partial charge in [-0.1, -0.05) is 54.6 Å². The van der Waals surface area contributed by atoms with Crippen molar-refractivity contribution in [2.45, 2.75) is 24.8 Å². The summed E-state index contributed by atoms with van der Waals surface area (Å²) in [6.45, 7) is 0.145. The molecule has 1 aromatic heterocycles. The number of alkyl carbamates (subject to hydrolysis) is 1. The lowest BCUT2D eigenvalue weighted by atomic mass is 9.98. The number of hydrogen-bond donors (Lipinski definition) is 2. The molecule has 0 aliphatic heterocycles. The molecule has 0 saturated heterocycles. The van der Waals surface area contributed by atoms with Crippen LogP contribution in [0.5, 0.6) is 0 Å². The van der Waals surface area contributed by atoms with Crippen molar-refractivity contribution in [2.24, 2.45) is 0 Å². The van der Waals surface area contributed by atoms with Crippen LogP contribution in [0.2, 0.25) is 0 Å². The van der Waals surface area contributed by atoms with E-state index in [1.54, 1.807) is 12.3 Å². The van der Waals surface area contributed by atoms with Crippen molar-refractivity contribution in [3.05, 3.63) is 89.7 Å². The van der Waals surface area contributed by atoms with Crippen LogP contribution in [0.3, 0.4) is 0 Å². The average molecular weight is 402 g/mol. The number of carboxylic acids is 1. The van der Waals surface area contributed by atoms with Crippen molar-refractivity contribution < 1.29 is 19.4 Å². The van der Waals surface area contributed by atoms with Crippen LogP contribution in [-0.4, -0.2) is 34.8 Å². The Kier molecular flexibility index (Phi) is 5.75. The number of pyridine rings is 1. The maximum Gasteiger partial charge on any atom is 0.407 e. The molecule has 1 heterocycles. The van der Waals surface area contributed by atoms with Gasteiger partial charge >= 0.3 is 12.1 Å². The van der Waals surface area contributed by atoms with E-state index in [0.29, 0.717) is 6.42 Å². The highest BCUT2D eigenvalue weighted by atomic mass is 16.5. The summed E-state index contributed by atoms with van der Waals surface area (Å²) in [5, 5.41) is 11.9. The second-order valence-corrected chi connectivity index (χ2v) is 7.22. The molecule has 6 nitrogen and oxygen atoms in total. The van der Waals surface area contributed by atoms with Gasteiger partial charge in [0.15, 0.2) is 0 Å². The van der Waals surface area contributed by atoms with Gasteiger partial charge in [-0.2, -0.15) is 0 Å². The molecule has 2 N–H and O–H groups in total. The van der Waals surface area contributed by atoms with Crippen LogP contribution in [-0.2, 0) is 16.0 Å². The molecule has 1 amide bonds. The summed E-state index contributed by atoms with van der Waals surface area (Å²) in [5.74, 6) is -1.17. The molecule has 1 atom stereocenters. The number of carbonyl (C=O) groups is 2. The summed E-state index contributed by atoms with van der Waals surface area (Å²) in [5.41, 5.74) is 5.27. The normalized spacial score (nSPS) is 13.2. The van der Waals surface area contributed by atoms with Crippen LogP contribution in [0.15, 0.2) is 72.9 Å². The van der Waals surface area contributed by atoms with E-state index in [0.717, 1.165) is 27.9 Å². The van der Waals surface area contributed by atoms with E-state index in [1.165, 1.54) is 0 Å². The smallest absolute Gasteiger partial charge is 0.407 e. The second kappa shape index (κ2) is 8.78. The zero-order valence-corrected chi connectivity index (χ0v) is 16.3. The van der Waals surface area contributed by atoms with Crippen molar-refractivity contribution >= 4 is 12.1 Å². The van der Waals surface area contributed by atoms with Gasteiger partial charge in [0, 0.05) is 17.8 Å². The van der Waals surface area contributed by atoms with E-state index in [2.05, 4.69) is 22.4 Å². The molecule has 0 fully saturated rings. The minimum Gasteiger partial charge on any atom is -0.480 e. The Labute approximate surface area is 174 Å². The highest BCUT2D eigenvalue weighted by Crippen LogP contribution is 2.44. The Hall–Kier alpha value is -3.67. The highest BCUT2D eigenvalue weighted by Gasteiger charge is 2.29. The number of ether oxygens (including phenoxy) is 1. The summed E-state index contributed by atoms with van der Waals surface area (Å²) >= 11 is 0. The quantitative estimate of drug-likeness (QED) is 0.623. The third-order valence-electron chi connectivity index (χ3n) is 5.35. The standard InChI is InChI=1S/C24H22N2O4/c27-23(28)22(13-12-16-7-5-6-14-25-16)26-24(29)30-15-21-19-10-3-1-8-17(19)18-9-2-4-11-20(18)21/h1-11,14,21-22H,12-13,15H2,(H,26,29)(H,27,28)/t22-/m0/s1. The summed E-state index contributed by atoms with van der Waals surface area (Å²) in [6, 6.07) is 20.5. The van der Waals surface area contributed by atoms with Crippen molar-refractivity contribution in [3.63, 3.8) is 0 Å². The van der Waals surface area contributed by atoms with Gasteiger partial charge in [-0.15, -0.1) is 0 Å². The fourth-order valence-electron chi connectivity index (χ4n) is 3.88. The Morgan fingerprint density at radius 2 is 1.60 bits per heavy atom. The van der Waals surface area contributed by atoms with Gasteiger partial charge in [-0.3, -0.25) is 4.98 Å². The van der Waals surface area contributed by atoms with Gasteiger partial charge in [-0.05, 0) is 47.2 Å². The molecule has 2 aromatic carbocycles. The summed E-state index contributed by atoms with van der Waals surface area (Å²) in [6.07, 6.45) is 1.60. The van der Waals surface area contributed by atoms with E-state index in [4.69, 9.17) is 4.74 Å². The third-order valence-corrected chi connectivity index (χ3v) is 5.35. The monoisotopic (exact) mass is 402 g/mol. The zero-order valence-electron chi connectivity index (χ0n) is 16.3. The van der Waals surface area contributed by atoms with Crippen molar-refractivity contribution in [1.29, 1.82) is 0 Å². The molecule has 0 bridgehead atoms. The lowest BCUT2D eigenvalue weighted by Gasteiger charge is -2.17. The average Bonchev–Trinajstić information content (AvgIpc) is 3.09. The molecule has 0 radical (unpaired) electrons. The largest absolute Gasteiger partial charge is 0.480 e.